The Morgan fingerprint density at radius 3 is 2.34 bits per heavy atom. The average molecular weight is 528 g/mol. The van der Waals surface area contributed by atoms with Gasteiger partial charge in [0.2, 0.25) is 5.91 Å². The third-order valence-electron chi connectivity index (χ3n) is 5.74. The van der Waals surface area contributed by atoms with Crippen LogP contribution in [0, 0.1) is 16.6 Å². The SMILES string of the molecule is CCCN(CC(=O)O)C(=O)C(CC)(CC)Cc1ccc(C(=O)Oc2ccc(C(=N)N)cc2F)s1.Cl. The van der Waals surface area contributed by atoms with Crippen LogP contribution in [0.2, 0.25) is 0 Å². The van der Waals surface area contributed by atoms with Crippen LogP contribution in [0.1, 0.15) is 60.1 Å². The number of thiophene rings is 1. The van der Waals surface area contributed by atoms with Crippen molar-refractivity contribution in [2.24, 2.45) is 11.1 Å². The number of nitrogens with one attached hydrogen (secondary N) is 1. The number of ether oxygens (including phenoxy) is 1. The first-order valence-electron chi connectivity index (χ1n) is 11.0. The molecule has 2 rings (SSSR count). The zero-order chi connectivity index (χ0) is 25.5. The normalized spacial score (nSPS) is 10.9. The Balaban J connectivity index is 0.00000612. The highest BCUT2D eigenvalue weighted by Crippen LogP contribution is 2.36. The number of carboxylic acids is 1. The molecule has 192 valence electrons. The monoisotopic (exact) mass is 527 g/mol. The number of amides is 1. The number of benzene rings is 1. The third kappa shape index (κ3) is 7.50. The summed E-state index contributed by atoms with van der Waals surface area (Å²) >= 11 is 1.15. The fourth-order valence-corrected chi connectivity index (χ4v) is 4.74. The Morgan fingerprint density at radius 2 is 1.83 bits per heavy atom. The number of aliphatic carboxylic acids is 1. The molecular formula is C24H31ClFN3O5S. The van der Waals surface area contributed by atoms with Crippen molar-refractivity contribution >= 4 is 47.4 Å². The van der Waals surface area contributed by atoms with Gasteiger partial charge in [0.1, 0.15) is 17.3 Å². The summed E-state index contributed by atoms with van der Waals surface area (Å²) in [4.78, 5) is 39.6. The molecule has 0 atom stereocenters. The van der Waals surface area contributed by atoms with Gasteiger partial charge >= 0.3 is 11.9 Å². The fourth-order valence-electron chi connectivity index (χ4n) is 3.72. The smallest absolute Gasteiger partial charge is 0.353 e. The summed E-state index contributed by atoms with van der Waals surface area (Å²) in [7, 11) is 0. The average Bonchev–Trinajstić information content (AvgIpc) is 3.26. The minimum atomic E-state index is -1.06. The number of hydrogen-bond acceptors (Lipinski definition) is 6. The number of nitrogens with zero attached hydrogens (tertiary/aromatic N) is 1. The molecular weight excluding hydrogens is 497 g/mol. The van der Waals surface area contributed by atoms with Crippen LogP contribution >= 0.6 is 23.7 Å². The molecule has 2 aromatic rings. The maximum atomic E-state index is 14.2. The van der Waals surface area contributed by atoms with Crippen molar-refractivity contribution in [3.8, 4) is 5.75 Å². The van der Waals surface area contributed by atoms with Crippen LogP contribution in [-0.2, 0) is 16.0 Å². The summed E-state index contributed by atoms with van der Waals surface area (Å²) in [5, 5.41) is 16.6. The first kappa shape index (κ1) is 30.1. The van der Waals surface area contributed by atoms with E-state index < -0.39 is 23.2 Å². The molecule has 0 aliphatic rings. The summed E-state index contributed by atoms with van der Waals surface area (Å²) in [6.07, 6.45) is 2.00. The zero-order valence-electron chi connectivity index (χ0n) is 19.9. The van der Waals surface area contributed by atoms with E-state index in [1.54, 1.807) is 12.1 Å². The molecule has 0 aliphatic heterocycles. The Kier molecular flexibility index (Phi) is 11.3. The Bertz CT molecular complexity index is 1070. The molecule has 4 N–H and O–H groups in total. The number of carboxylic acid groups (broad SMARTS) is 1. The molecule has 0 saturated heterocycles. The number of amidine groups is 1. The molecule has 35 heavy (non-hydrogen) atoms. The maximum absolute atomic E-state index is 14.2. The van der Waals surface area contributed by atoms with Crippen molar-refractivity contribution in [2.45, 2.75) is 46.5 Å². The summed E-state index contributed by atoms with van der Waals surface area (Å²) in [5.74, 6) is -3.41. The van der Waals surface area contributed by atoms with Crippen molar-refractivity contribution in [1.82, 2.24) is 4.90 Å². The Hall–Kier alpha value is -2.98. The number of nitrogens with two attached hydrogens (primary N) is 1. The van der Waals surface area contributed by atoms with Crippen LogP contribution in [-0.4, -0.2) is 46.8 Å². The van der Waals surface area contributed by atoms with E-state index in [1.165, 1.54) is 17.0 Å². The number of carbonyl (C=O) groups excluding carboxylic acids is 2. The highest BCUT2D eigenvalue weighted by Gasteiger charge is 2.39. The largest absolute Gasteiger partial charge is 0.480 e. The minimum absolute atomic E-state index is 0. The molecule has 1 amide bonds. The van der Waals surface area contributed by atoms with E-state index in [0.29, 0.717) is 32.2 Å². The van der Waals surface area contributed by atoms with E-state index in [1.807, 2.05) is 20.8 Å². The van der Waals surface area contributed by atoms with Crippen LogP contribution in [0.15, 0.2) is 30.3 Å². The number of rotatable bonds is 12. The number of halogens is 2. The van der Waals surface area contributed by atoms with Gasteiger partial charge in [0.15, 0.2) is 11.6 Å². The van der Waals surface area contributed by atoms with E-state index in [0.717, 1.165) is 22.3 Å². The van der Waals surface area contributed by atoms with Crippen molar-refractivity contribution in [2.75, 3.05) is 13.1 Å². The van der Waals surface area contributed by atoms with Crippen molar-refractivity contribution in [3.63, 3.8) is 0 Å². The lowest BCUT2D eigenvalue weighted by molar-refractivity contribution is -0.150. The van der Waals surface area contributed by atoms with Gasteiger partial charge in [-0.05, 0) is 56.0 Å². The van der Waals surface area contributed by atoms with Crippen LogP contribution in [0.25, 0.3) is 0 Å². The number of nitrogen functional groups attached to an aromatic ring is 1. The highest BCUT2D eigenvalue weighted by atomic mass is 35.5. The van der Waals surface area contributed by atoms with Crippen LogP contribution in [0.5, 0.6) is 5.75 Å². The van der Waals surface area contributed by atoms with Gasteiger partial charge in [0, 0.05) is 17.0 Å². The molecule has 0 unspecified atom stereocenters. The van der Waals surface area contributed by atoms with E-state index in [4.69, 9.17) is 15.9 Å². The molecule has 1 aromatic heterocycles. The van der Waals surface area contributed by atoms with E-state index in [-0.39, 0.29) is 46.9 Å². The number of hydrogen-bond donors (Lipinski definition) is 3. The molecule has 11 heteroatoms. The lowest BCUT2D eigenvalue weighted by Gasteiger charge is -2.35. The lowest BCUT2D eigenvalue weighted by Crippen LogP contribution is -2.47. The zero-order valence-corrected chi connectivity index (χ0v) is 21.6. The van der Waals surface area contributed by atoms with E-state index >= 15 is 0 Å². The van der Waals surface area contributed by atoms with Gasteiger partial charge in [-0.15, -0.1) is 23.7 Å². The molecule has 0 saturated carbocycles. The second-order valence-electron chi connectivity index (χ2n) is 8.00. The quantitative estimate of drug-likeness (QED) is 0.161. The van der Waals surface area contributed by atoms with Crippen molar-refractivity contribution in [1.29, 1.82) is 5.41 Å². The molecule has 1 aromatic carbocycles. The second kappa shape index (κ2) is 13.2. The predicted molar refractivity (Wildman–Crippen MR) is 135 cm³/mol. The van der Waals surface area contributed by atoms with Crippen LogP contribution in [0.4, 0.5) is 4.39 Å². The van der Waals surface area contributed by atoms with Crippen molar-refractivity contribution < 1.29 is 28.6 Å². The lowest BCUT2D eigenvalue weighted by atomic mass is 9.77. The van der Waals surface area contributed by atoms with Gasteiger partial charge in [0.25, 0.3) is 0 Å². The highest BCUT2D eigenvalue weighted by molar-refractivity contribution is 7.14. The number of carbonyl (C=O) groups is 3. The molecule has 0 aliphatic carbocycles. The third-order valence-corrected chi connectivity index (χ3v) is 6.80. The molecule has 8 nitrogen and oxygen atoms in total. The standard InChI is InChI=1S/C24H30FN3O5S.ClH/c1-4-11-28(14-20(29)30)23(32)24(5-2,6-3)13-16-8-10-19(34-16)22(31)33-18-9-7-15(21(26)27)12-17(18)25;/h7-10,12H,4-6,11,13-14H2,1-3H3,(H3,26,27)(H,29,30);1H. The van der Waals surface area contributed by atoms with Crippen LogP contribution in [0.3, 0.4) is 0 Å². The van der Waals surface area contributed by atoms with Gasteiger partial charge in [0.05, 0.1) is 5.41 Å². The van der Waals surface area contributed by atoms with E-state index in [9.17, 15) is 23.9 Å². The molecule has 0 spiro atoms. The Morgan fingerprint density at radius 1 is 1.17 bits per heavy atom. The Labute approximate surface area is 214 Å². The summed E-state index contributed by atoms with van der Waals surface area (Å²) in [6, 6.07) is 6.93. The summed E-state index contributed by atoms with van der Waals surface area (Å²) in [6.45, 7) is 5.66. The minimum Gasteiger partial charge on any atom is -0.480 e. The first-order chi connectivity index (χ1) is 16.1. The van der Waals surface area contributed by atoms with Gasteiger partial charge in [-0.1, -0.05) is 20.8 Å². The van der Waals surface area contributed by atoms with E-state index in [2.05, 4.69) is 0 Å². The topological polar surface area (TPSA) is 134 Å². The van der Waals surface area contributed by atoms with Crippen LogP contribution < -0.4 is 10.5 Å². The summed E-state index contributed by atoms with van der Waals surface area (Å²) < 4.78 is 19.4. The van der Waals surface area contributed by atoms with Gasteiger partial charge < -0.3 is 20.5 Å². The predicted octanol–water partition coefficient (Wildman–Crippen LogP) is 4.48. The van der Waals surface area contributed by atoms with Gasteiger partial charge in [-0.3, -0.25) is 15.0 Å². The molecule has 1 heterocycles. The summed E-state index contributed by atoms with van der Waals surface area (Å²) in [5.41, 5.74) is 4.71. The molecule has 0 bridgehead atoms. The van der Waals surface area contributed by atoms with Crippen molar-refractivity contribution in [3.05, 3.63) is 51.5 Å². The number of esters is 1. The van der Waals surface area contributed by atoms with Gasteiger partial charge in [-0.2, -0.15) is 0 Å². The first-order valence-corrected chi connectivity index (χ1v) is 11.8. The molecule has 0 radical (unpaired) electrons. The maximum Gasteiger partial charge on any atom is 0.353 e. The fraction of sp³-hybridized carbons (Fsp3) is 0.417. The second-order valence-corrected chi connectivity index (χ2v) is 9.17. The van der Waals surface area contributed by atoms with Gasteiger partial charge in [-0.25, -0.2) is 9.18 Å². The molecule has 0 fully saturated rings.